The van der Waals surface area contributed by atoms with E-state index in [-0.39, 0.29) is 12.1 Å². The Bertz CT molecular complexity index is 952. The molecule has 8 heteroatoms. The molecule has 2 aromatic heterocycles. The van der Waals surface area contributed by atoms with Crippen LogP contribution < -0.4 is 15.5 Å². The average Bonchev–Trinajstić information content (AvgIpc) is 3.07. The summed E-state index contributed by atoms with van der Waals surface area (Å²) in [5.74, 6) is 1.91. The molecule has 2 amide bonds. The van der Waals surface area contributed by atoms with Crippen molar-refractivity contribution in [3.05, 3.63) is 48.2 Å². The van der Waals surface area contributed by atoms with Crippen LogP contribution in [0.1, 0.15) is 18.5 Å². The summed E-state index contributed by atoms with van der Waals surface area (Å²) in [4.78, 5) is 18.9. The number of rotatable bonds is 6. The minimum Gasteiger partial charge on any atom is -0.384 e. The SMILES string of the molecule is COCC1CN(c2n[nH]c3cc(NC(=O)NC(C)c4ccccc4)ncc23)C1. The molecule has 1 unspecified atom stereocenters. The number of pyridine rings is 1. The fourth-order valence-corrected chi connectivity index (χ4v) is 3.47. The number of aromatic amines is 1. The Morgan fingerprint density at radius 1 is 1.36 bits per heavy atom. The molecule has 0 radical (unpaired) electrons. The van der Waals surface area contributed by atoms with E-state index in [1.54, 1.807) is 19.4 Å². The third kappa shape index (κ3) is 3.77. The average molecular weight is 380 g/mol. The Labute approximate surface area is 163 Å². The molecule has 1 aromatic carbocycles. The van der Waals surface area contributed by atoms with Crippen LogP contribution in [0.5, 0.6) is 0 Å². The first-order valence-corrected chi connectivity index (χ1v) is 9.34. The van der Waals surface area contributed by atoms with Crippen molar-refractivity contribution < 1.29 is 9.53 Å². The molecule has 1 atom stereocenters. The molecule has 3 heterocycles. The maximum Gasteiger partial charge on any atom is 0.320 e. The fourth-order valence-electron chi connectivity index (χ4n) is 3.47. The van der Waals surface area contributed by atoms with Gasteiger partial charge in [0.15, 0.2) is 5.82 Å². The van der Waals surface area contributed by atoms with Gasteiger partial charge in [0.05, 0.1) is 23.6 Å². The van der Waals surface area contributed by atoms with Gasteiger partial charge in [-0.15, -0.1) is 0 Å². The molecule has 3 N–H and O–H groups in total. The quantitative estimate of drug-likeness (QED) is 0.611. The number of nitrogens with one attached hydrogen (secondary N) is 3. The lowest BCUT2D eigenvalue weighted by Gasteiger charge is -2.39. The standard InChI is InChI=1S/C20H24N6O2/c1-13(15-6-4-3-5-7-15)22-20(27)23-18-8-17-16(9-21-18)19(25-24-17)26-10-14(11-26)12-28-2/h3-9,13-14H,10-12H2,1-2H3,(H,24,25)(H2,21,22,23,27). The number of amides is 2. The zero-order valence-corrected chi connectivity index (χ0v) is 16.0. The van der Waals surface area contributed by atoms with Crippen molar-refractivity contribution in [2.24, 2.45) is 5.92 Å². The summed E-state index contributed by atoms with van der Waals surface area (Å²) in [7, 11) is 1.72. The van der Waals surface area contributed by atoms with Gasteiger partial charge in [-0.3, -0.25) is 10.4 Å². The Hall–Kier alpha value is -3.13. The Morgan fingerprint density at radius 3 is 2.89 bits per heavy atom. The lowest BCUT2D eigenvalue weighted by atomic mass is 10.0. The molecule has 0 aliphatic carbocycles. The monoisotopic (exact) mass is 380 g/mol. The smallest absolute Gasteiger partial charge is 0.320 e. The molecule has 28 heavy (non-hydrogen) atoms. The number of urea groups is 1. The second-order valence-corrected chi connectivity index (χ2v) is 7.12. The van der Waals surface area contributed by atoms with Crippen molar-refractivity contribution in [2.45, 2.75) is 13.0 Å². The summed E-state index contributed by atoms with van der Waals surface area (Å²) >= 11 is 0. The van der Waals surface area contributed by atoms with E-state index in [1.165, 1.54) is 0 Å². The lowest BCUT2D eigenvalue weighted by Crippen LogP contribution is -2.49. The van der Waals surface area contributed by atoms with E-state index in [0.29, 0.717) is 11.7 Å². The Kier molecular flexibility index (Phi) is 5.12. The van der Waals surface area contributed by atoms with Gasteiger partial charge < -0.3 is 15.0 Å². The summed E-state index contributed by atoms with van der Waals surface area (Å²) < 4.78 is 5.19. The summed E-state index contributed by atoms with van der Waals surface area (Å²) in [6, 6.07) is 11.2. The van der Waals surface area contributed by atoms with Gasteiger partial charge >= 0.3 is 6.03 Å². The van der Waals surface area contributed by atoms with Crippen LogP contribution in [0.2, 0.25) is 0 Å². The number of methoxy groups -OCH3 is 1. The maximum atomic E-state index is 12.3. The van der Waals surface area contributed by atoms with Gasteiger partial charge in [-0.25, -0.2) is 9.78 Å². The van der Waals surface area contributed by atoms with Crippen LogP contribution in [-0.4, -0.2) is 48.0 Å². The van der Waals surface area contributed by atoms with Crippen molar-refractivity contribution >= 4 is 28.6 Å². The zero-order valence-electron chi connectivity index (χ0n) is 16.0. The third-order valence-electron chi connectivity index (χ3n) is 4.97. The van der Waals surface area contributed by atoms with E-state index in [9.17, 15) is 4.79 Å². The van der Waals surface area contributed by atoms with Crippen molar-refractivity contribution in [3.8, 4) is 0 Å². The van der Waals surface area contributed by atoms with Crippen LogP contribution in [0, 0.1) is 5.92 Å². The number of aromatic nitrogens is 3. The number of benzene rings is 1. The molecular formula is C20H24N6O2. The first-order chi connectivity index (χ1) is 13.6. The van der Waals surface area contributed by atoms with E-state index in [2.05, 4.69) is 30.7 Å². The second-order valence-electron chi connectivity index (χ2n) is 7.12. The van der Waals surface area contributed by atoms with Crippen LogP contribution in [0.4, 0.5) is 16.4 Å². The minimum absolute atomic E-state index is 0.102. The number of fused-ring (bicyclic) bond motifs is 1. The number of carbonyl (C=O) groups is 1. The van der Waals surface area contributed by atoms with E-state index in [0.717, 1.165) is 42.0 Å². The largest absolute Gasteiger partial charge is 0.384 e. The van der Waals surface area contributed by atoms with E-state index >= 15 is 0 Å². The summed E-state index contributed by atoms with van der Waals surface area (Å²) in [6.45, 7) is 4.56. The normalized spacial score (nSPS) is 15.3. The highest BCUT2D eigenvalue weighted by Crippen LogP contribution is 2.30. The van der Waals surface area contributed by atoms with Gasteiger partial charge in [-0.2, -0.15) is 5.10 Å². The van der Waals surface area contributed by atoms with Crippen LogP contribution in [0.3, 0.4) is 0 Å². The van der Waals surface area contributed by atoms with Gasteiger partial charge in [0.1, 0.15) is 5.82 Å². The molecule has 0 spiro atoms. The molecule has 8 nitrogen and oxygen atoms in total. The molecule has 1 aliphatic heterocycles. The van der Waals surface area contributed by atoms with Crippen LogP contribution in [-0.2, 0) is 4.74 Å². The highest BCUT2D eigenvalue weighted by atomic mass is 16.5. The topological polar surface area (TPSA) is 95.2 Å². The number of hydrogen-bond acceptors (Lipinski definition) is 5. The molecular weight excluding hydrogens is 356 g/mol. The predicted octanol–water partition coefficient (Wildman–Crippen LogP) is 2.92. The van der Waals surface area contributed by atoms with E-state index in [1.807, 2.05) is 37.3 Å². The predicted molar refractivity (Wildman–Crippen MR) is 108 cm³/mol. The number of H-pyrrole nitrogens is 1. The van der Waals surface area contributed by atoms with Crippen molar-refractivity contribution in [2.75, 3.05) is 37.0 Å². The molecule has 4 rings (SSSR count). The highest BCUT2D eigenvalue weighted by molar-refractivity contribution is 5.94. The van der Waals surface area contributed by atoms with E-state index in [4.69, 9.17) is 4.74 Å². The van der Waals surface area contributed by atoms with Crippen LogP contribution in [0.15, 0.2) is 42.6 Å². The van der Waals surface area contributed by atoms with Crippen molar-refractivity contribution in [3.63, 3.8) is 0 Å². The number of hydrogen-bond donors (Lipinski definition) is 3. The molecule has 1 aliphatic rings. The molecule has 1 saturated heterocycles. The number of carbonyl (C=O) groups excluding carboxylic acids is 1. The number of anilines is 2. The summed E-state index contributed by atoms with van der Waals surface area (Å²) in [5, 5.41) is 14.1. The number of nitrogens with zero attached hydrogens (tertiary/aromatic N) is 3. The molecule has 0 saturated carbocycles. The van der Waals surface area contributed by atoms with Crippen LogP contribution in [0.25, 0.3) is 10.9 Å². The zero-order chi connectivity index (χ0) is 19.5. The summed E-state index contributed by atoms with van der Waals surface area (Å²) in [6.07, 6.45) is 1.74. The van der Waals surface area contributed by atoms with Crippen molar-refractivity contribution in [1.29, 1.82) is 0 Å². The van der Waals surface area contributed by atoms with E-state index < -0.39 is 0 Å². The molecule has 0 bridgehead atoms. The highest BCUT2D eigenvalue weighted by Gasteiger charge is 2.29. The van der Waals surface area contributed by atoms with Crippen LogP contribution >= 0.6 is 0 Å². The van der Waals surface area contributed by atoms with Gasteiger partial charge in [0.25, 0.3) is 0 Å². The fraction of sp³-hybridized carbons (Fsp3) is 0.350. The Balaban J connectivity index is 1.39. The molecule has 3 aromatic rings. The maximum absolute atomic E-state index is 12.3. The second kappa shape index (κ2) is 7.85. The van der Waals surface area contributed by atoms with Gasteiger partial charge in [-0.05, 0) is 12.5 Å². The van der Waals surface area contributed by atoms with Gasteiger partial charge in [-0.1, -0.05) is 30.3 Å². The first-order valence-electron chi connectivity index (χ1n) is 9.34. The number of ether oxygens (including phenoxy) is 1. The van der Waals surface area contributed by atoms with Gasteiger partial charge in [0.2, 0.25) is 0 Å². The first kappa shape index (κ1) is 18.2. The van der Waals surface area contributed by atoms with Crippen molar-refractivity contribution in [1.82, 2.24) is 20.5 Å². The Morgan fingerprint density at radius 2 is 2.14 bits per heavy atom. The minimum atomic E-state index is -0.298. The third-order valence-corrected chi connectivity index (χ3v) is 4.97. The molecule has 1 fully saturated rings. The van der Waals surface area contributed by atoms with Gasteiger partial charge in [0, 0.05) is 38.4 Å². The lowest BCUT2D eigenvalue weighted by molar-refractivity contribution is 0.137. The summed E-state index contributed by atoms with van der Waals surface area (Å²) in [5.41, 5.74) is 1.88. The molecule has 146 valence electrons.